The van der Waals surface area contributed by atoms with Crippen molar-refractivity contribution in [3.8, 4) is 5.75 Å². The van der Waals surface area contributed by atoms with Gasteiger partial charge in [0.05, 0.1) is 6.42 Å². The lowest BCUT2D eigenvalue weighted by molar-refractivity contribution is -0.118. The maximum atomic E-state index is 11.9. The number of carbonyl (C=O) groups excluding carboxylic acids is 1. The number of anilines is 1. The molecule has 6 nitrogen and oxygen atoms in total. The summed E-state index contributed by atoms with van der Waals surface area (Å²) in [6.45, 7) is 1.94. The normalized spacial score (nSPS) is 10.5. The number of hydrogen-bond donors (Lipinski definition) is 1. The van der Waals surface area contributed by atoms with Gasteiger partial charge in [-0.05, 0) is 41.8 Å². The van der Waals surface area contributed by atoms with Crippen LogP contribution in [0.15, 0.2) is 52.9 Å². The van der Waals surface area contributed by atoms with Crippen LogP contribution < -0.4 is 10.1 Å². The van der Waals surface area contributed by atoms with Gasteiger partial charge in [0.2, 0.25) is 5.89 Å². The molecule has 3 aromatic rings. The lowest BCUT2D eigenvalue weighted by Gasteiger charge is -2.05. The van der Waals surface area contributed by atoms with E-state index in [1.54, 1.807) is 24.3 Å². The van der Waals surface area contributed by atoms with Gasteiger partial charge in [-0.2, -0.15) is 0 Å². The zero-order chi connectivity index (χ0) is 18.4. The van der Waals surface area contributed by atoms with Crippen molar-refractivity contribution in [1.29, 1.82) is 0 Å². The smallest absolute Gasteiger partial charge is 0.322 e. The second kappa shape index (κ2) is 8.49. The van der Waals surface area contributed by atoms with Gasteiger partial charge in [-0.25, -0.2) is 0 Å². The van der Waals surface area contributed by atoms with Crippen LogP contribution in [0.2, 0.25) is 5.02 Å². The Hall–Kier alpha value is -2.86. The van der Waals surface area contributed by atoms with Crippen LogP contribution in [0.5, 0.6) is 5.75 Å². The fourth-order valence-corrected chi connectivity index (χ4v) is 2.40. The molecular weight excluding hydrogens is 354 g/mol. The van der Waals surface area contributed by atoms with Gasteiger partial charge in [0.25, 0.3) is 5.91 Å². The molecule has 134 valence electrons. The number of amides is 1. The average Bonchev–Trinajstić information content (AvgIpc) is 3.08. The van der Waals surface area contributed by atoms with E-state index in [2.05, 4.69) is 34.6 Å². The molecule has 1 heterocycles. The largest absolute Gasteiger partial charge is 0.484 e. The molecule has 2 aromatic carbocycles. The summed E-state index contributed by atoms with van der Waals surface area (Å²) in [5, 5.41) is 10.9. The number of nitrogens with zero attached hydrogens (tertiary/aromatic N) is 2. The molecule has 0 aliphatic rings. The first kappa shape index (κ1) is 17.9. The summed E-state index contributed by atoms with van der Waals surface area (Å²) in [5.74, 6) is 0.594. The molecule has 0 fully saturated rings. The average molecular weight is 372 g/mol. The topological polar surface area (TPSA) is 77.2 Å². The fraction of sp³-hybridized carbons (Fsp3) is 0.211. The highest BCUT2D eigenvalue weighted by Crippen LogP contribution is 2.16. The maximum Gasteiger partial charge on any atom is 0.322 e. The molecule has 0 unspecified atom stereocenters. The van der Waals surface area contributed by atoms with Crippen LogP contribution >= 0.6 is 11.6 Å². The molecule has 7 heteroatoms. The predicted octanol–water partition coefficient (Wildman–Crippen LogP) is 3.89. The SMILES string of the molecule is CCc1ccc(Cc2nnc(NC(=O)COc3ccc(Cl)cc3)o2)cc1. The van der Waals surface area contributed by atoms with Crippen molar-refractivity contribution < 1.29 is 13.9 Å². The lowest BCUT2D eigenvalue weighted by Crippen LogP contribution is -2.20. The van der Waals surface area contributed by atoms with Gasteiger partial charge >= 0.3 is 6.01 Å². The molecule has 0 saturated heterocycles. The summed E-state index contributed by atoms with van der Waals surface area (Å²) >= 11 is 5.79. The summed E-state index contributed by atoms with van der Waals surface area (Å²) < 4.78 is 10.8. The molecule has 0 saturated carbocycles. The van der Waals surface area contributed by atoms with Gasteiger partial charge < -0.3 is 9.15 Å². The van der Waals surface area contributed by atoms with E-state index in [4.69, 9.17) is 20.8 Å². The Morgan fingerprint density at radius 2 is 1.77 bits per heavy atom. The number of benzene rings is 2. The Balaban J connectivity index is 1.50. The number of nitrogens with one attached hydrogen (secondary N) is 1. The van der Waals surface area contributed by atoms with Gasteiger partial charge in [0.1, 0.15) is 5.75 Å². The van der Waals surface area contributed by atoms with Gasteiger partial charge in [-0.3, -0.25) is 10.1 Å². The van der Waals surface area contributed by atoms with Crippen molar-refractivity contribution in [2.75, 3.05) is 11.9 Å². The second-order valence-corrected chi connectivity index (χ2v) is 6.07. The van der Waals surface area contributed by atoms with Crippen molar-refractivity contribution >= 4 is 23.5 Å². The molecule has 0 bridgehead atoms. The second-order valence-electron chi connectivity index (χ2n) is 5.64. The quantitative estimate of drug-likeness (QED) is 0.681. The molecule has 0 aliphatic carbocycles. The summed E-state index contributed by atoms with van der Waals surface area (Å²) in [7, 11) is 0. The Morgan fingerprint density at radius 3 is 2.46 bits per heavy atom. The van der Waals surface area contributed by atoms with Crippen molar-refractivity contribution in [3.63, 3.8) is 0 Å². The number of carbonyl (C=O) groups is 1. The number of aryl methyl sites for hydroxylation is 1. The summed E-state index contributed by atoms with van der Waals surface area (Å²) in [4.78, 5) is 11.9. The minimum absolute atomic E-state index is 0.0508. The number of ether oxygens (including phenoxy) is 1. The molecule has 3 rings (SSSR count). The van der Waals surface area contributed by atoms with Crippen LogP contribution in [0.4, 0.5) is 6.01 Å². The molecule has 0 aliphatic heterocycles. The van der Waals surface area contributed by atoms with Crippen LogP contribution in [0.25, 0.3) is 0 Å². The molecule has 0 atom stereocenters. The molecule has 0 radical (unpaired) electrons. The molecule has 1 amide bonds. The van der Waals surface area contributed by atoms with Gasteiger partial charge in [-0.1, -0.05) is 47.9 Å². The van der Waals surface area contributed by atoms with E-state index in [1.165, 1.54) is 5.56 Å². The van der Waals surface area contributed by atoms with Crippen molar-refractivity contribution in [2.24, 2.45) is 0 Å². The van der Waals surface area contributed by atoms with E-state index in [1.807, 2.05) is 12.1 Å². The van der Waals surface area contributed by atoms with Gasteiger partial charge in [-0.15, -0.1) is 5.10 Å². The molecular formula is C19H18ClN3O3. The first-order valence-electron chi connectivity index (χ1n) is 8.21. The fourth-order valence-electron chi connectivity index (χ4n) is 2.28. The highest BCUT2D eigenvalue weighted by molar-refractivity contribution is 6.30. The van der Waals surface area contributed by atoms with Crippen molar-refractivity contribution in [2.45, 2.75) is 19.8 Å². The number of rotatable bonds is 7. The van der Waals surface area contributed by atoms with E-state index in [0.29, 0.717) is 23.1 Å². The molecule has 1 N–H and O–H groups in total. The first-order valence-corrected chi connectivity index (χ1v) is 8.58. The van der Waals surface area contributed by atoms with Crippen LogP contribution in [0.1, 0.15) is 23.9 Å². The van der Waals surface area contributed by atoms with E-state index < -0.39 is 0 Å². The van der Waals surface area contributed by atoms with Crippen molar-refractivity contribution in [3.05, 3.63) is 70.6 Å². The minimum atomic E-state index is -0.387. The van der Waals surface area contributed by atoms with Crippen LogP contribution in [0, 0.1) is 0 Å². The summed E-state index contributed by atoms with van der Waals surface area (Å²) in [5.41, 5.74) is 2.34. The third-order valence-corrected chi connectivity index (χ3v) is 3.94. The van der Waals surface area contributed by atoms with E-state index in [9.17, 15) is 4.79 Å². The lowest BCUT2D eigenvalue weighted by atomic mass is 10.1. The van der Waals surface area contributed by atoms with E-state index in [-0.39, 0.29) is 18.5 Å². The van der Waals surface area contributed by atoms with E-state index >= 15 is 0 Å². The van der Waals surface area contributed by atoms with Gasteiger partial charge in [0, 0.05) is 5.02 Å². The highest BCUT2D eigenvalue weighted by Gasteiger charge is 2.11. The van der Waals surface area contributed by atoms with E-state index in [0.717, 1.165) is 12.0 Å². The number of hydrogen-bond acceptors (Lipinski definition) is 5. The Kier molecular flexibility index (Phi) is 5.86. The third kappa shape index (κ3) is 5.07. The van der Waals surface area contributed by atoms with Crippen molar-refractivity contribution in [1.82, 2.24) is 10.2 Å². The highest BCUT2D eigenvalue weighted by atomic mass is 35.5. The predicted molar refractivity (Wildman–Crippen MR) is 98.5 cm³/mol. The zero-order valence-corrected chi connectivity index (χ0v) is 15.0. The number of halogens is 1. The van der Waals surface area contributed by atoms with Crippen LogP contribution in [-0.4, -0.2) is 22.7 Å². The van der Waals surface area contributed by atoms with Crippen LogP contribution in [0.3, 0.4) is 0 Å². The Bertz CT molecular complexity index is 860. The molecule has 1 aromatic heterocycles. The monoisotopic (exact) mass is 371 g/mol. The van der Waals surface area contributed by atoms with Gasteiger partial charge in [0.15, 0.2) is 6.61 Å². The zero-order valence-electron chi connectivity index (χ0n) is 14.2. The number of aromatic nitrogens is 2. The van der Waals surface area contributed by atoms with Crippen LogP contribution in [-0.2, 0) is 17.6 Å². The first-order chi connectivity index (χ1) is 12.6. The molecule has 0 spiro atoms. The Labute approximate surface area is 156 Å². The standard InChI is InChI=1S/C19H18ClN3O3/c1-2-13-3-5-14(6-4-13)11-18-22-23-19(26-18)21-17(24)12-25-16-9-7-15(20)8-10-16/h3-10H,2,11-12H2,1H3,(H,21,23,24). The summed E-state index contributed by atoms with van der Waals surface area (Å²) in [6, 6.07) is 15.0. The Morgan fingerprint density at radius 1 is 1.08 bits per heavy atom. The third-order valence-electron chi connectivity index (χ3n) is 3.68. The summed E-state index contributed by atoms with van der Waals surface area (Å²) in [6.07, 6.45) is 1.50. The maximum absolute atomic E-state index is 11.9. The minimum Gasteiger partial charge on any atom is -0.484 e. The molecule has 26 heavy (non-hydrogen) atoms.